The standard InChI is InChI=1S/C14H10ClF6N3O/c1-5(14(19,20)21)22-12-10(11(15)23-13(24-12)25-2)9-7(17)3-6(16)4-8(9)18/h3-5H,1-2H3,(H,22,23,24). The topological polar surface area (TPSA) is 47.0 Å². The van der Waals surface area contributed by atoms with Crippen LogP contribution < -0.4 is 10.1 Å². The summed E-state index contributed by atoms with van der Waals surface area (Å²) in [5, 5.41) is 1.39. The molecule has 1 heterocycles. The van der Waals surface area contributed by atoms with Gasteiger partial charge >= 0.3 is 12.2 Å². The lowest BCUT2D eigenvalue weighted by Gasteiger charge is -2.20. The molecule has 0 amide bonds. The van der Waals surface area contributed by atoms with Crippen LogP contribution in [0.15, 0.2) is 12.1 Å². The number of ether oxygens (including phenoxy) is 1. The van der Waals surface area contributed by atoms with Crippen LogP contribution in [0.25, 0.3) is 11.1 Å². The minimum Gasteiger partial charge on any atom is -0.467 e. The monoisotopic (exact) mass is 385 g/mol. The molecular formula is C14H10ClF6N3O. The van der Waals surface area contributed by atoms with Crippen molar-refractivity contribution in [1.29, 1.82) is 0 Å². The van der Waals surface area contributed by atoms with Crippen molar-refractivity contribution >= 4 is 17.4 Å². The van der Waals surface area contributed by atoms with E-state index in [1.165, 1.54) is 0 Å². The molecule has 2 aromatic rings. The highest BCUT2D eigenvalue weighted by molar-refractivity contribution is 6.32. The maximum Gasteiger partial charge on any atom is 0.408 e. The molecule has 1 unspecified atom stereocenters. The molecule has 0 aliphatic rings. The molecule has 0 saturated heterocycles. The second-order valence-electron chi connectivity index (χ2n) is 4.88. The molecule has 0 aliphatic carbocycles. The Kier molecular flexibility index (Phi) is 5.31. The van der Waals surface area contributed by atoms with Gasteiger partial charge in [0, 0.05) is 12.1 Å². The van der Waals surface area contributed by atoms with Crippen molar-refractivity contribution in [1.82, 2.24) is 9.97 Å². The van der Waals surface area contributed by atoms with E-state index >= 15 is 0 Å². The zero-order valence-electron chi connectivity index (χ0n) is 12.7. The Morgan fingerprint density at radius 3 is 2.12 bits per heavy atom. The SMILES string of the molecule is COc1nc(Cl)c(-c2c(F)cc(F)cc2F)c(NC(C)C(F)(F)F)n1. The number of benzene rings is 1. The highest BCUT2D eigenvalue weighted by Crippen LogP contribution is 2.38. The van der Waals surface area contributed by atoms with Gasteiger partial charge in [0.15, 0.2) is 0 Å². The number of nitrogens with one attached hydrogen (secondary N) is 1. The van der Waals surface area contributed by atoms with Gasteiger partial charge in [-0.3, -0.25) is 0 Å². The molecule has 136 valence electrons. The van der Waals surface area contributed by atoms with Crippen molar-refractivity contribution < 1.29 is 31.1 Å². The number of nitrogens with zero attached hydrogens (tertiary/aromatic N) is 2. The number of aromatic nitrogens is 2. The summed E-state index contributed by atoms with van der Waals surface area (Å²) in [5.41, 5.74) is -1.46. The van der Waals surface area contributed by atoms with Gasteiger partial charge in [0.2, 0.25) is 0 Å². The van der Waals surface area contributed by atoms with Crippen LogP contribution in [-0.2, 0) is 0 Å². The first kappa shape index (κ1) is 19.1. The summed E-state index contributed by atoms with van der Waals surface area (Å²) in [6.45, 7) is 0.768. The Morgan fingerprint density at radius 2 is 1.64 bits per heavy atom. The van der Waals surface area contributed by atoms with E-state index in [4.69, 9.17) is 16.3 Å². The minimum atomic E-state index is -4.68. The number of hydrogen-bond acceptors (Lipinski definition) is 4. The molecule has 0 aliphatic heterocycles. The molecule has 0 saturated carbocycles. The van der Waals surface area contributed by atoms with E-state index in [2.05, 4.69) is 9.97 Å². The van der Waals surface area contributed by atoms with Crippen LogP contribution in [0.5, 0.6) is 6.01 Å². The molecule has 0 bridgehead atoms. The van der Waals surface area contributed by atoms with Crippen molar-refractivity contribution in [2.75, 3.05) is 12.4 Å². The first-order valence-electron chi connectivity index (χ1n) is 6.64. The van der Waals surface area contributed by atoms with Gasteiger partial charge in [-0.15, -0.1) is 0 Å². The van der Waals surface area contributed by atoms with E-state index in [1.807, 2.05) is 5.32 Å². The number of methoxy groups -OCH3 is 1. The van der Waals surface area contributed by atoms with Crippen LogP contribution in [0.4, 0.5) is 32.2 Å². The fourth-order valence-electron chi connectivity index (χ4n) is 1.90. The summed E-state index contributed by atoms with van der Waals surface area (Å²) in [5.74, 6) is -4.58. The van der Waals surface area contributed by atoms with Crippen LogP contribution in [0.3, 0.4) is 0 Å². The molecule has 25 heavy (non-hydrogen) atoms. The molecule has 1 aromatic heterocycles. The average Bonchev–Trinajstić information content (AvgIpc) is 2.47. The van der Waals surface area contributed by atoms with Crippen LogP contribution in [0, 0.1) is 17.5 Å². The molecule has 1 aromatic carbocycles. The summed E-state index contributed by atoms with van der Waals surface area (Å²) in [4.78, 5) is 7.22. The largest absolute Gasteiger partial charge is 0.467 e. The van der Waals surface area contributed by atoms with Gasteiger partial charge in [-0.2, -0.15) is 23.1 Å². The Bertz CT molecular complexity index is 776. The lowest BCUT2D eigenvalue weighted by molar-refractivity contribution is -0.138. The first-order valence-corrected chi connectivity index (χ1v) is 7.02. The summed E-state index contributed by atoms with van der Waals surface area (Å²) >= 11 is 5.85. The molecule has 0 radical (unpaired) electrons. The van der Waals surface area contributed by atoms with Gasteiger partial charge in [0.25, 0.3) is 0 Å². The smallest absolute Gasteiger partial charge is 0.408 e. The predicted molar refractivity (Wildman–Crippen MR) is 78.0 cm³/mol. The second-order valence-corrected chi connectivity index (χ2v) is 5.23. The first-order chi connectivity index (χ1) is 11.5. The van der Waals surface area contributed by atoms with Crippen molar-refractivity contribution in [3.05, 3.63) is 34.7 Å². The van der Waals surface area contributed by atoms with Gasteiger partial charge in [-0.05, 0) is 6.92 Å². The number of hydrogen-bond donors (Lipinski definition) is 1. The van der Waals surface area contributed by atoms with E-state index in [-0.39, 0.29) is 0 Å². The number of anilines is 1. The normalized spacial score (nSPS) is 12.8. The summed E-state index contributed by atoms with van der Waals surface area (Å²) in [7, 11) is 1.13. The number of rotatable bonds is 4. The molecule has 0 spiro atoms. The molecule has 1 N–H and O–H groups in total. The van der Waals surface area contributed by atoms with E-state index in [9.17, 15) is 26.3 Å². The highest BCUT2D eigenvalue weighted by Gasteiger charge is 2.37. The Balaban J connectivity index is 2.69. The lowest BCUT2D eigenvalue weighted by Crippen LogP contribution is -2.33. The van der Waals surface area contributed by atoms with Crippen molar-refractivity contribution in [3.63, 3.8) is 0 Å². The zero-order chi connectivity index (χ0) is 18.9. The Morgan fingerprint density at radius 1 is 1.08 bits per heavy atom. The van der Waals surface area contributed by atoms with Crippen LogP contribution >= 0.6 is 11.6 Å². The maximum atomic E-state index is 14.0. The molecule has 0 fully saturated rings. The highest BCUT2D eigenvalue weighted by atomic mass is 35.5. The third-order valence-electron chi connectivity index (χ3n) is 3.13. The predicted octanol–water partition coefficient (Wildman–Crippen LogP) is 4.59. The van der Waals surface area contributed by atoms with Crippen molar-refractivity contribution in [3.8, 4) is 17.1 Å². The van der Waals surface area contributed by atoms with Crippen LogP contribution in [0.1, 0.15) is 6.92 Å². The number of halogens is 7. The molecule has 4 nitrogen and oxygen atoms in total. The summed E-state index contributed by atoms with van der Waals surface area (Å²) < 4.78 is 84.2. The van der Waals surface area contributed by atoms with Gasteiger partial charge < -0.3 is 10.1 Å². The molecule has 2 rings (SSSR count). The van der Waals surface area contributed by atoms with Crippen molar-refractivity contribution in [2.45, 2.75) is 19.1 Å². The summed E-state index contributed by atoms with van der Waals surface area (Å²) in [6, 6.07) is -1.84. The Labute approximate surface area is 142 Å². The van der Waals surface area contributed by atoms with Crippen LogP contribution in [-0.4, -0.2) is 29.3 Å². The van der Waals surface area contributed by atoms with E-state index < -0.39 is 57.8 Å². The van der Waals surface area contributed by atoms with E-state index in [0.717, 1.165) is 14.0 Å². The number of alkyl halides is 3. The third-order valence-corrected chi connectivity index (χ3v) is 3.40. The van der Waals surface area contributed by atoms with Crippen LogP contribution in [0.2, 0.25) is 5.15 Å². The van der Waals surface area contributed by atoms with Gasteiger partial charge in [-0.25, -0.2) is 13.2 Å². The Hall–Kier alpha value is -2.23. The van der Waals surface area contributed by atoms with Gasteiger partial charge in [0.05, 0.1) is 18.2 Å². The fraction of sp³-hybridized carbons (Fsp3) is 0.286. The quantitative estimate of drug-likeness (QED) is 0.618. The average molecular weight is 386 g/mol. The summed E-state index contributed by atoms with van der Waals surface area (Å²) in [6.07, 6.45) is -4.68. The van der Waals surface area contributed by atoms with E-state index in [0.29, 0.717) is 12.1 Å². The van der Waals surface area contributed by atoms with E-state index in [1.54, 1.807) is 0 Å². The van der Waals surface area contributed by atoms with Gasteiger partial charge in [-0.1, -0.05) is 11.6 Å². The second kappa shape index (κ2) is 6.95. The third kappa shape index (κ3) is 4.06. The molecular weight excluding hydrogens is 376 g/mol. The molecule has 11 heteroatoms. The minimum absolute atomic E-state index is 0.357. The van der Waals surface area contributed by atoms with Crippen molar-refractivity contribution in [2.24, 2.45) is 0 Å². The lowest BCUT2D eigenvalue weighted by atomic mass is 10.1. The zero-order valence-corrected chi connectivity index (χ0v) is 13.4. The fourth-order valence-corrected chi connectivity index (χ4v) is 2.16. The molecule has 1 atom stereocenters. The van der Waals surface area contributed by atoms with Gasteiger partial charge in [0.1, 0.15) is 34.5 Å². The maximum absolute atomic E-state index is 14.0.